The summed E-state index contributed by atoms with van der Waals surface area (Å²) in [5, 5.41) is 6.61. The van der Waals surface area contributed by atoms with Crippen LogP contribution in [0, 0.1) is 0 Å². The fourth-order valence-electron chi connectivity index (χ4n) is 2.11. The first kappa shape index (κ1) is 20.1. The highest BCUT2D eigenvalue weighted by Gasteiger charge is 2.05. The maximum atomic E-state index is 5.89. The van der Waals surface area contributed by atoms with Crippen molar-refractivity contribution in [1.82, 2.24) is 15.5 Å². The summed E-state index contributed by atoms with van der Waals surface area (Å²) in [7, 11) is 5.81. The Bertz CT molecular complexity index is 492. The van der Waals surface area contributed by atoms with E-state index in [4.69, 9.17) is 9.47 Å². The standard InChI is InChI=1S/C18H32N4O2/c1-6-19-18(20-11-8-12-22(3)4)21-14-15(2)24-17-10-7-9-16(13-17)23-5/h7,9-10,13,15H,6,8,11-12,14H2,1-5H3,(H2,19,20,21). The van der Waals surface area contributed by atoms with Crippen molar-refractivity contribution in [3.05, 3.63) is 24.3 Å². The third kappa shape index (κ3) is 8.62. The average Bonchev–Trinajstić information content (AvgIpc) is 2.56. The zero-order valence-corrected chi connectivity index (χ0v) is 15.6. The van der Waals surface area contributed by atoms with Crippen molar-refractivity contribution in [3.63, 3.8) is 0 Å². The number of aliphatic imine (C=N–C) groups is 1. The van der Waals surface area contributed by atoms with Crippen molar-refractivity contribution in [2.45, 2.75) is 26.4 Å². The molecule has 1 atom stereocenters. The third-order valence-electron chi connectivity index (χ3n) is 3.30. The molecule has 0 bridgehead atoms. The van der Waals surface area contributed by atoms with Gasteiger partial charge in [-0.15, -0.1) is 0 Å². The van der Waals surface area contributed by atoms with Crippen molar-refractivity contribution in [2.75, 3.05) is 47.4 Å². The lowest BCUT2D eigenvalue weighted by atomic mass is 10.3. The molecule has 0 saturated heterocycles. The minimum Gasteiger partial charge on any atom is -0.497 e. The highest BCUT2D eigenvalue weighted by molar-refractivity contribution is 5.79. The predicted molar refractivity (Wildman–Crippen MR) is 100 cm³/mol. The molecular weight excluding hydrogens is 304 g/mol. The lowest BCUT2D eigenvalue weighted by Crippen LogP contribution is -2.39. The fourth-order valence-corrected chi connectivity index (χ4v) is 2.11. The molecule has 0 spiro atoms. The van der Waals surface area contributed by atoms with Crippen LogP contribution in [-0.4, -0.2) is 64.3 Å². The first-order valence-corrected chi connectivity index (χ1v) is 8.52. The second-order valence-corrected chi connectivity index (χ2v) is 5.91. The summed E-state index contributed by atoms with van der Waals surface area (Å²) in [6, 6.07) is 7.62. The lowest BCUT2D eigenvalue weighted by Gasteiger charge is -2.16. The number of nitrogens with zero attached hydrogens (tertiary/aromatic N) is 2. The molecule has 0 saturated carbocycles. The second kappa shape index (κ2) is 11.6. The van der Waals surface area contributed by atoms with Crippen molar-refractivity contribution >= 4 is 5.96 Å². The Balaban J connectivity index is 2.45. The van der Waals surface area contributed by atoms with Crippen LogP contribution in [-0.2, 0) is 0 Å². The third-order valence-corrected chi connectivity index (χ3v) is 3.30. The maximum absolute atomic E-state index is 5.89. The Morgan fingerprint density at radius 3 is 2.67 bits per heavy atom. The minimum atomic E-state index is -0.0191. The van der Waals surface area contributed by atoms with Crippen LogP contribution < -0.4 is 20.1 Å². The molecule has 24 heavy (non-hydrogen) atoms. The summed E-state index contributed by atoms with van der Waals surface area (Å²) < 4.78 is 11.1. The number of guanidine groups is 1. The molecule has 1 rings (SSSR count). The number of nitrogens with one attached hydrogen (secondary N) is 2. The van der Waals surface area contributed by atoms with Gasteiger partial charge in [0.05, 0.1) is 13.7 Å². The van der Waals surface area contributed by atoms with Gasteiger partial charge < -0.3 is 25.0 Å². The number of hydrogen-bond donors (Lipinski definition) is 2. The van der Waals surface area contributed by atoms with Gasteiger partial charge in [0.25, 0.3) is 0 Å². The van der Waals surface area contributed by atoms with E-state index in [1.54, 1.807) is 7.11 Å². The molecular formula is C18H32N4O2. The Morgan fingerprint density at radius 1 is 1.25 bits per heavy atom. The molecule has 0 heterocycles. The monoisotopic (exact) mass is 336 g/mol. The Hall–Kier alpha value is -1.95. The zero-order valence-electron chi connectivity index (χ0n) is 15.6. The SMILES string of the molecule is CCNC(=NCC(C)Oc1cccc(OC)c1)NCCCN(C)C. The van der Waals surface area contributed by atoms with Crippen molar-refractivity contribution in [1.29, 1.82) is 0 Å². The van der Waals surface area contributed by atoms with Crippen LogP contribution in [0.15, 0.2) is 29.3 Å². The van der Waals surface area contributed by atoms with Crippen molar-refractivity contribution < 1.29 is 9.47 Å². The molecule has 0 aliphatic rings. The van der Waals surface area contributed by atoms with Crippen LogP contribution in [0.5, 0.6) is 11.5 Å². The van der Waals surface area contributed by atoms with E-state index in [0.29, 0.717) is 6.54 Å². The van der Waals surface area contributed by atoms with Crippen LogP contribution in [0.4, 0.5) is 0 Å². The van der Waals surface area contributed by atoms with Gasteiger partial charge in [0.2, 0.25) is 0 Å². The summed E-state index contributed by atoms with van der Waals surface area (Å²) in [5.74, 6) is 2.41. The Kier molecular flexibility index (Phi) is 9.68. The van der Waals surface area contributed by atoms with Gasteiger partial charge in [0, 0.05) is 19.2 Å². The molecule has 0 fully saturated rings. The largest absolute Gasteiger partial charge is 0.497 e. The molecule has 6 heteroatoms. The topological polar surface area (TPSA) is 58.1 Å². The number of ether oxygens (including phenoxy) is 2. The van der Waals surface area contributed by atoms with E-state index in [-0.39, 0.29) is 6.10 Å². The van der Waals surface area contributed by atoms with Crippen LogP contribution >= 0.6 is 0 Å². The van der Waals surface area contributed by atoms with E-state index in [9.17, 15) is 0 Å². The van der Waals surface area contributed by atoms with Gasteiger partial charge in [0.1, 0.15) is 17.6 Å². The number of benzene rings is 1. The molecule has 0 aliphatic heterocycles. The average molecular weight is 336 g/mol. The normalized spacial score (nSPS) is 12.8. The van der Waals surface area contributed by atoms with Crippen LogP contribution in [0.3, 0.4) is 0 Å². The van der Waals surface area contributed by atoms with E-state index in [0.717, 1.165) is 43.5 Å². The smallest absolute Gasteiger partial charge is 0.191 e. The highest BCUT2D eigenvalue weighted by Crippen LogP contribution is 2.19. The van der Waals surface area contributed by atoms with Gasteiger partial charge in [-0.05, 0) is 53.0 Å². The number of methoxy groups -OCH3 is 1. The molecule has 2 N–H and O–H groups in total. The van der Waals surface area contributed by atoms with E-state index in [1.165, 1.54) is 0 Å². The number of rotatable bonds is 10. The summed E-state index contributed by atoms with van der Waals surface area (Å²) in [6.45, 7) is 7.45. The molecule has 6 nitrogen and oxygen atoms in total. The van der Waals surface area contributed by atoms with Crippen LogP contribution in [0.2, 0.25) is 0 Å². The van der Waals surface area contributed by atoms with E-state index in [1.807, 2.05) is 31.2 Å². The number of hydrogen-bond acceptors (Lipinski definition) is 4. The van der Waals surface area contributed by atoms with Crippen molar-refractivity contribution in [2.24, 2.45) is 4.99 Å². The van der Waals surface area contributed by atoms with Gasteiger partial charge in [-0.3, -0.25) is 0 Å². The summed E-state index contributed by atoms with van der Waals surface area (Å²) in [5.41, 5.74) is 0. The quantitative estimate of drug-likeness (QED) is 0.389. The van der Waals surface area contributed by atoms with Gasteiger partial charge >= 0.3 is 0 Å². The van der Waals surface area contributed by atoms with Gasteiger partial charge in [-0.2, -0.15) is 0 Å². The summed E-state index contributed by atoms with van der Waals surface area (Å²) in [4.78, 5) is 6.77. The zero-order chi connectivity index (χ0) is 17.8. The Morgan fingerprint density at radius 2 is 2.00 bits per heavy atom. The van der Waals surface area contributed by atoms with Crippen molar-refractivity contribution in [3.8, 4) is 11.5 Å². The molecule has 1 aromatic carbocycles. The molecule has 0 aliphatic carbocycles. The van der Waals surface area contributed by atoms with Gasteiger partial charge in [-0.25, -0.2) is 4.99 Å². The lowest BCUT2D eigenvalue weighted by molar-refractivity contribution is 0.229. The fraction of sp³-hybridized carbons (Fsp3) is 0.611. The summed E-state index contributed by atoms with van der Waals surface area (Å²) >= 11 is 0. The predicted octanol–water partition coefficient (Wildman–Crippen LogP) is 1.97. The molecule has 0 radical (unpaired) electrons. The first-order chi connectivity index (χ1) is 11.5. The second-order valence-electron chi connectivity index (χ2n) is 5.91. The Labute approximate surface area is 146 Å². The first-order valence-electron chi connectivity index (χ1n) is 8.52. The van der Waals surface area contributed by atoms with E-state index < -0.39 is 0 Å². The minimum absolute atomic E-state index is 0.0191. The van der Waals surface area contributed by atoms with Crippen LogP contribution in [0.25, 0.3) is 0 Å². The summed E-state index contributed by atoms with van der Waals surface area (Å²) in [6.07, 6.45) is 1.06. The van der Waals surface area contributed by atoms with Gasteiger partial charge in [-0.1, -0.05) is 6.07 Å². The van der Waals surface area contributed by atoms with E-state index in [2.05, 4.69) is 41.5 Å². The maximum Gasteiger partial charge on any atom is 0.191 e. The van der Waals surface area contributed by atoms with E-state index >= 15 is 0 Å². The molecule has 136 valence electrons. The molecule has 1 unspecified atom stereocenters. The molecule has 0 amide bonds. The highest BCUT2D eigenvalue weighted by atomic mass is 16.5. The van der Waals surface area contributed by atoms with Crippen LogP contribution in [0.1, 0.15) is 20.3 Å². The molecule has 0 aromatic heterocycles. The van der Waals surface area contributed by atoms with Gasteiger partial charge in [0.15, 0.2) is 5.96 Å². The molecule has 1 aromatic rings.